The maximum atomic E-state index is 12.9. The zero-order valence-corrected chi connectivity index (χ0v) is 22.1. The Bertz CT molecular complexity index is 1230. The third-order valence-electron chi connectivity index (χ3n) is 5.02. The van der Waals surface area contributed by atoms with Crippen molar-refractivity contribution in [3.05, 3.63) is 46.9 Å². The van der Waals surface area contributed by atoms with Crippen LogP contribution in [0.15, 0.2) is 35.7 Å². The Labute approximate surface area is 211 Å². The van der Waals surface area contributed by atoms with E-state index in [1.54, 1.807) is 24.3 Å². The highest BCUT2D eigenvalue weighted by Crippen LogP contribution is 2.35. The van der Waals surface area contributed by atoms with Gasteiger partial charge in [-0.05, 0) is 37.6 Å². The van der Waals surface area contributed by atoms with Crippen molar-refractivity contribution in [3.63, 3.8) is 0 Å². The summed E-state index contributed by atoms with van der Waals surface area (Å²) in [4.78, 5) is 24.0. The van der Waals surface area contributed by atoms with Crippen LogP contribution in [0.1, 0.15) is 31.9 Å². The number of anilines is 1. The lowest BCUT2D eigenvalue weighted by molar-refractivity contribution is -0.160. The van der Waals surface area contributed by atoms with Gasteiger partial charge in [0.1, 0.15) is 23.0 Å². The van der Waals surface area contributed by atoms with Gasteiger partial charge in [-0.3, -0.25) is 9.59 Å². The van der Waals surface area contributed by atoms with E-state index in [0.29, 0.717) is 34.1 Å². The second-order valence-electron chi connectivity index (χ2n) is 8.15. The van der Waals surface area contributed by atoms with Gasteiger partial charge in [-0.25, -0.2) is 8.42 Å². The van der Waals surface area contributed by atoms with E-state index in [0.717, 1.165) is 5.41 Å². The number of benzene rings is 2. The number of nitrogens with one attached hydrogen (secondary N) is 1. The molecule has 2 aromatic rings. The maximum absolute atomic E-state index is 12.9. The van der Waals surface area contributed by atoms with E-state index in [4.69, 9.17) is 23.7 Å². The van der Waals surface area contributed by atoms with Crippen LogP contribution in [0.5, 0.6) is 23.0 Å². The summed E-state index contributed by atoms with van der Waals surface area (Å²) in [6, 6.07) is 7.83. The van der Waals surface area contributed by atoms with E-state index in [-0.39, 0.29) is 11.4 Å². The molecule has 0 aliphatic carbocycles. The molecular weight excluding hydrogens is 490 g/mol. The predicted molar refractivity (Wildman–Crippen MR) is 135 cm³/mol. The first-order chi connectivity index (χ1) is 16.9. The lowest BCUT2D eigenvalue weighted by atomic mass is 10.1. The molecule has 2 rings (SSSR count). The highest BCUT2D eigenvalue weighted by molar-refractivity contribution is 7.93. The minimum atomic E-state index is -3.75. The summed E-state index contributed by atoms with van der Waals surface area (Å²) in [5, 5.41) is 3.69. The van der Waals surface area contributed by atoms with Gasteiger partial charge in [0.15, 0.2) is 15.4 Å². The largest absolute Gasteiger partial charge is 0.496 e. The Morgan fingerprint density at radius 2 is 1.50 bits per heavy atom. The fourth-order valence-corrected chi connectivity index (χ4v) is 4.35. The molecule has 0 aliphatic rings. The molecular formula is C25H31NO9S. The summed E-state index contributed by atoms with van der Waals surface area (Å²) in [6.45, 7) is 4.08. The normalized spacial score (nSPS) is 11.6. The van der Waals surface area contributed by atoms with E-state index in [9.17, 15) is 18.0 Å². The minimum Gasteiger partial charge on any atom is -0.496 e. The summed E-state index contributed by atoms with van der Waals surface area (Å²) in [7, 11) is 2.07. The van der Waals surface area contributed by atoms with Gasteiger partial charge < -0.3 is 29.0 Å². The highest BCUT2D eigenvalue weighted by Gasteiger charge is 2.31. The number of hydrogen-bond donors (Lipinski definition) is 1. The number of amides is 1. The van der Waals surface area contributed by atoms with Gasteiger partial charge in [-0.15, -0.1) is 0 Å². The van der Waals surface area contributed by atoms with E-state index >= 15 is 0 Å². The van der Waals surface area contributed by atoms with Crippen LogP contribution in [-0.4, -0.2) is 54.3 Å². The van der Waals surface area contributed by atoms with Crippen LogP contribution in [0, 0.1) is 0 Å². The van der Waals surface area contributed by atoms with Crippen molar-refractivity contribution >= 4 is 33.5 Å². The number of sulfone groups is 1. The molecule has 0 bridgehead atoms. The second kappa shape index (κ2) is 11.8. The van der Waals surface area contributed by atoms with Crippen LogP contribution in [0.25, 0.3) is 6.08 Å². The first kappa shape index (κ1) is 28.5. The molecule has 0 saturated carbocycles. The van der Waals surface area contributed by atoms with Crippen LogP contribution in [-0.2, 0) is 29.9 Å². The van der Waals surface area contributed by atoms with Crippen molar-refractivity contribution in [2.24, 2.45) is 0 Å². The molecule has 0 radical (unpaired) electrons. The van der Waals surface area contributed by atoms with Gasteiger partial charge in [0.2, 0.25) is 0 Å². The average Bonchev–Trinajstić information content (AvgIpc) is 2.81. The fraction of sp³-hybridized carbons (Fsp3) is 0.360. The third kappa shape index (κ3) is 7.38. The molecule has 2 aromatic carbocycles. The third-order valence-corrected chi connectivity index (χ3v) is 6.31. The number of hydrogen-bond acceptors (Lipinski definition) is 9. The van der Waals surface area contributed by atoms with Gasteiger partial charge in [0, 0.05) is 24.5 Å². The zero-order chi connectivity index (χ0) is 27.1. The van der Waals surface area contributed by atoms with E-state index in [1.807, 2.05) is 0 Å². The molecule has 0 heterocycles. The van der Waals surface area contributed by atoms with Crippen LogP contribution in [0.3, 0.4) is 0 Å². The first-order valence-corrected chi connectivity index (χ1v) is 12.5. The predicted octanol–water partition coefficient (Wildman–Crippen LogP) is 3.59. The van der Waals surface area contributed by atoms with E-state index in [2.05, 4.69) is 5.32 Å². The summed E-state index contributed by atoms with van der Waals surface area (Å²) in [6.07, 6.45) is 1.39. The van der Waals surface area contributed by atoms with Crippen LogP contribution in [0.2, 0.25) is 0 Å². The summed E-state index contributed by atoms with van der Waals surface area (Å²) in [5.41, 5.74) is -0.384. The van der Waals surface area contributed by atoms with Crippen molar-refractivity contribution < 1.29 is 41.7 Å². The van der Waals surface area contributed by atoms with Crippen LogP contribution in [0.4, 0.5) is 5.69 Å². The number of esters is 1. The van der Waals surface area contributed by atoms with Gasteiger partial charge >= 0.3 is 5.97 Å². The molecule has 0 spiro atoms. The van der Waals surface area contributed by atoms with Crippen molar-refractivity contribution in [1.82, 2.24) is 0 Å². The molecule has 0 unspecified atom stereocenters. The molecule has 0 saturated heterocycles. The monoisotopic (exact) mass is 521 g/mol. The second-order valence-corrected chi connectivity index (χ2v) is 10.0. The highest BCUT2D eigenvalue weighted by atomic mass is 32.2. The van der Waals surface area contributed by atoms with Crippen molar-refractivity contribution in [1.29, 1.82) is 0 Å². The SMILES string of the molecule is COc1cc(OC)c(/C=C\S(=O)(=O)Cc2ccc(OC)c(NC(=O)C(C)(C)OC(C)=O)c2)c(OC)c1. The molecule has 0 aliphatic heterocycles. The standard InChI is InChI=1S/C25H31NO9S/c1-16(27)35-25(2,3)24(28)26-20-12-17(8-9-21(20)32-5)15-36(29,30)11-10-19-22(33-6)13-18(31-4)14-23(19)34-7/h8-14H,15H2,1-7H3,(H,26,28)/b11-10-. The Balaban J connectivity index is 2.33. The Morgan fingerprint density at radius 1 is 0.917 bits per heavy atom. The van der Waals surface area contributed by atoms with Gasteiger partial charge in [0.25, 0.3) is 5.91 Å². The molecule has 11 heteroatoms. The minimum absolute atomic E-state index is 0.234. The van der Waals surface area contributed by atoms with Crippen molar-refractivity contribution in [3.8, 4) is 23.0 Å². The topological polar surface area (TPSA) is 126 Å². The lowest BCUT2D eigenvalue weighted by Crippen LogP contribution is -2.41. The quantitative estimate of drug-likeness (QED) is 0.441. The molecule has 0 aromatic heterocycles. The number of rotatable bonds is 11. The first-order valence-electron chi connectivity index (χ1n) is 10.7. The van der Waals surface area contributed by atoms with Crippen LogP contribution >= 0.6 is 0 Å². The van der Waals surface area contributed by atoms with Crippen molar-refractivity contribution in [2.75, 3.05) is 33.8 Å². The Morgan fingerprint density at radius 3 is 2.00 bits per heavy atom. The maximum Gasteiger partial charge on any atom is 0.303 e. The number of ether oxygens (including phenoxy) is 5. The Kier molecular flexibility index (Phi) is 9.35. The molecule has 1 amide bonds. The number of methoxy groups -OCH3 is 4. The number of carbonyl (C=O) groups excluding carboxylic acids is 2. The van der Waals surface area contributed by atoms with E-state index in [1.165, 1.54) is 61.4 Å². The van der Waals surface area contributed by atoms with Crippen molar-refractivity contribution in [2.45, 2.75) is 32.1 Å². The summed E-state index contributed by atoms with van der Waals surface area (Å²) >= 11 is 0. The Hall–Kier alpha value is -3.73. The van der Waals surface area contributed by atoms with Gasteiger partial charge in [-0.2, -0.15) is 0 Å². The summed E-state index contributed by atoms with van der Waals surface area (Å²) in [5.74, 6) is -0.0111. The molecule has 0 fully saturated rings. The molecule has 1 N–H and O–H groups in total. The smallest absolute Gasteiger partial charge is 0.303 e. The average molecular weight is 522 g/mol. The zero-order valence-electron chi connectivity index (χ0n) is 21.3. The van der Waals surface area contributed by atoms with Gasteiger partial charge in [0.05, 0.1) is 45.4 Å². The lowest BCUT2D eigenvalue weighted by Gasteiger charge is -2.24. The van der Waals surface area contributed by atoms with Crippen LogP contribution < -0.4 is 24.3 Å². The van der Waals surface area contributed by atoms with Gasteiger partial charge in [-0.1, -0.05) is 6.07 Å². The number of carbonyl (C=O) groups is 2. The molecule has 196 valence electrons. The van der Waals surface area contributed by atoms with E-state index < -0.39 is 27.3 Å². The summed E-state index contributed by atoms with van der Waals surface area (Å²) < 4.78 is 52.0. The fourth-order valence-electron chi connectivity index (χ4n) is 3.27. The molecule has 10 nitrogen and oxygen atoms in total. The molecule has 0 atom stereocenters. The molecule has 36 heavy (non-hydrogen) atoms.